The summed E-state index contributed by atoms with van der Waals surface area (Å²) in [7, 11) is 0. The molecular weight excluding hydrogens is 320 g/mol. The van der Waals surface area contributed by atoms with Gasteiger partial charge in [0.15, 0.2) is 0 Å². The van der Waals surface area contributed by atoms with Crippen molar-refractivity contribution in [1.29, 1.82) is 0 Å². The Labute approximate surface area is 144 Å². The number of rotatable bonds is 5. The molecule has 2 unspecified atom stereocenters. The van der Waals surface area contributed by atoms with Crippen molar-refractivity contribution in [2.75, 3.05) is 6.54 Å². The first-order valence-corrected chi connectivity index (χ1v) is 8.12. The fraction of sp³-hybridized carbons (Fsp3) is 0.294. The molecule has 8 heteroatoms. The van der Waals surface area contributed by atoms with Crippen LogP contribution in [0.5, 0.6) is 0 Å². The van der Waals surface area contributed by atoms with Crippen LogP contribution in [0.15, 0.2) is 53.8 Å². The molecule has 0 spiro atoms. The Morgan fingerprint density at radius 3 is 2.84 bits per heavy atom. The van der Waals surface area contributed by atoms with Gasteiger partial charge in [0.25, 0.3) is 11.5 Å². The van der Waals surface area contributed by atoms with E-state index in [0.29, 0.717) is 6.54 Å². The van der Waals surface area contributed by atoms with Gasteiger partial charge in [0.05, 0.1) is 6.04 Å². The first-order valence-electron chi connectivity index (χ1n) is 8.12. The summed E-state index contributed by atoms with van der Waals surface area (Å²) in [6.07, 6.45) is 12.5. The number of carbonyl (C=O) groups excluding carboxylic acids is 1. The van der Waals surface area contributed by atoms with Gasteiger partial charge < -0.3 is 0 Å². The predicted octanol–water partition coefficient (Wildman–Crippen LogP) is 1.05. The van der Waals surface area contributed by atoms with Crippen molar-refractivity contribution in [2.24, 2.45) is 5.92 Å². The first-order chi connectivity index (χ1) is 12.1. The number of nitrogens with one attached hydrogen (secondary N) is 2. The Kier molecular flexibility index (Phi) is 4.90. The average molecular weight is 340 g/mol. The third kappa shape index (κ3) is 3.58. The van der Waals surface area contributed by atoms with Gasteiger partial charge in [-0.1, -0.05) is 38.2 Å². The lowest BCUT2D eigenvalue weighted by atomic mass is 9.97. The number of likely N-dealkylation sites (N-methyl/N-ethyl adjacent to an activating group) is 1. The van der Waals surface area contributed by atoms with Gasteiger partial charge in [-0.05, 0) is 12.0 Å². The molecule has 25 heavy (non-hydrogen) atoms. The van der Waals surface area contributed by atoms with Crippen molar-refractivity contribution in [3.8, 4) is 5.95 Å². The van der Waals surface area contributed by atoms with E-state index in [2.05, 4.69) is 33.5 Å². The number of aromatic nitrogens is 4. The normalized spacial score (nSPS) is 19.3. The van der Waals surface area contributed by atoms with Gasteiger partial charge in [-0.2, -0.15) is 5.10 Å². The molecule has 2 N–H and O–H groups in total. The van der Waals surface area contributed by atoms with Crippen LogP contribution >= 0.6 is 0 Å². The van der Waals surface area contributed by atoms with E-state index < -0.39 is 11.5 Å². The van der Waals surface area contributed by atoms with Crippen LogP contribution in [0.1, 0.15) is 24.2 Å². The minimum atomic E-state index is -0.513. The standard InChI is InChI=1S/C17H20N6O2/c1-3-22(14-8-5-4-7-12(14)2)21-16(25)13-11-18-17(20-15(13)24)23-10-6-9-19-23/h4-12,14H,3H2,1-2H3,(H,21,25)(H,18,20,24). The van der Waals surface area contributed by atoms with Gasteiger partial charge in [0.2, 0.25) is 5.95 Å². The summed E-state index contributed by atoms with van der Waals surface area (Å²) in [5.74, 6) is 0.0227. The topological polar surface area (TPSA) is 95.9 Å². The number of amides is 1. The molecule has 0 aliphatic heterocycles. The molecule has 0 radical (unpaired) electrons. The number of H-pyrrole nitrogens is 1. The number of carbonyl (C=O) groups is 1. The molecule has 2 heterocycles. The molecular formula is C17H20N6O2. The molecule has 0 aromatic carbocycles. The number of hydrogen-bond donors (Lipinski definition) is 2. The molecule has 0 saturated heterocycles. The van der Waals surface area contributed by atoms with Crippen LogP contribution in [0, 0.1) is 5.92 Å². The Morgan fingerprint density at radius 2 is 2.20 bits per heavy atom. The molecule has 130 valence electrons. The van der Waals surface area contributed by atoms with Gasteiger partial charge in [0.1, 0.15) is 5.56 Å². The molecule has 2 aromatic heterocycles. The zero-order valence-corrected chi connectivity index (χ0v) is 14.1. The van der Waals surface area contributed by atoms with Gasteiger partial charge in [-0.3, -0.25) is 20.0 Å². The lowest BCUT2D eigenvalue weighted by Gasteiger charge is -2.32. The van der Waals surface area contributed by atoms with Crippen LogP contribution in [0.2, 0.25) is 0 Å². The van der Waals surface area contributed by atoms with Crippen molar-refractivity contribution in [3.05, 3.63) is 64.9 Å². The number of allylic oxidation sites excluding steroid dienone is 2. The molecule has 0 saturated carbocycles. The highest BCUT2D eigenvalue weighted by Gasteiger charge is 2.24. The smallest absolute Gasteiger partial charge is 0.272 e. The Balaban J connectivity index is 1.77. The molecule has 3 rings (SSSR count). The minimum absolute atomic E-state index is 0.0364. The van der Waals surface area contributed by atoms with E-state index >= 15 is 0 Å². The van der Waals surface area contributed by atoms with E-state index in [0.717, 1.165) is 0 Å². The Morgan fingerprint density at radius 1 is 1.40 bits per heavy atom. The predicted molar refractivity (Wildman–Crippen MR) is 93.1 cm³/mol. The summed E-state index contributed by atoms with van der Waals surface area (Å²) < 4.78 is 1.42. The van der Waals surface area contributed by atoms with E-state index in [-0.39, 0.29) is 23.5 Å². The highest BCUT2D eigenvalue weighted by Crippen LogP contribution is 2.16. The maximum Gasteiger partial charge on any atom is 0.272 e. The zero-order valence-electron chi connectivity index (χ0n) is 14.1. The van der Waals surface area contributed by atoms with Crippen molar-refractivity contribution < 1.29 is 4.79 Å². The second kappa shape index (κ2) is 7.27. The molecule has 1 amide bonds. The molecule has 0 fully saturated rings. The molecule has 2 aromatic rings. The van der Waals surface area contributed by atoms with E-state index in [9.17, 15) is 9.59 Å². The van der Waals surface area contributed by atoms with Gasteiger partial charge in [0, 0.05) is 25.1 Å². The van der Waals surface area contributed by atoms with Crippen molar-refractivity contribution in [2.45, 2.75) is 19.9 Å². The molecule has 0 bridgehead atoms. The number of hydrazine groups is 1. The third-order valence-corrected chi connectivity index (χ3v) is 4.07. The second-order valence-electron chi connectivity index (χ2n) is 5.75. The van der Waals surface area contributed by atoms with Crippen molar-refractivity contribution >= 4 is 5.91 Å². The largest absolute Gasteiger partial charge is 0.290 e. The highest BCUT2D eigenvalue weighted by molar-refractivity contribution is 5.93. The Bertz CT molecular complexity index is 852. The maximum atomic E-state index is 12.5. The maximum absolute atomic E-state index is 12.5. The number of aromatic amines is 1. The summed E-state index contributed by atoms with van der Waals surface area (Å²) in [5, 5.41) is 5.81. The average Bonchev–Trinajstić information content (AvgIpc) is 3.14. The molecule has 2 atom stereocenters. The first kappa shape index (κ1) is 16.8. The fourth-order valence-corrected chi connectivity index (χ4v) is 2.71. The van der Waals surface area contributed by atoms with Crippen molar-refractivity contribution in [1.82, 2.24) is 30.2 Å². The second-order valence-corrected chi connectivity index (χ2v) is 5.75. The van der Waals surface area contributed by atoms with Gasteiger partial charge >= 0.3 is 0 Å². The van der Waals surface area contributed by atoms with E-state index in [1.807, 2.05) is 30.2 Å². The van der Waals surface area contributed by atoms with Crippen LogP contribution in [-0.2, 0) is 0 Å². The number of nitrogens with zero attached hydrogens (tertiary/aromatic N) is 4. The third-order valence-electron chi connectivity index (χ3n) is 4.07. The molecule has 1 aliphatic carbocycles. The lowest BCUT2D eigenvalue weighted by Crippen LogP contribution is -2.51. The summed E-state index contributed by atoms with van der Waals surface area (Å²) in [5.41, 5.74) is 2.25. The zero-order chi connectivity index (χ0) is 17.8. The van der Waals surface area contributed by atoms with Crippen LogP contribution in [-0.4, -0.2) is 43.3 Å². The monoisotopic (exact) mass is 340 g/mol. The van der Waals surface area contributed by atoms with E-state index in [1.165, 1.54) is 10.9 Å². The van der Waals surface area contributed by atoms with Crippen molar-refractivity contribution in [3.63, 3.8) is 0 Å². The fourth-order valence-electron chi connectivity index (χ4n) is 2.71. The summed E-state index contributed by atoms with van der Waals surface area (Å²) in [6, 6.07) is 1.75. The lowest BCUT2D eigenvalue weighted by molar-refractivity contribution is 0.0710. The molecule has 8 nitrogen and oxygen atoms in total. The summed E-state index contributed by atoms with van der Waals surface area (Å²) >= 11 is 0. The van der Waals surface area contributed by atoms with Crippen LogP contribution in [0.25, 0.3) is 5.95 Å². The quantitative estimate of drug-likeness (QED) is 0.793. The summed E-state index contributed by atoms with van der Waals surface area (Å²) in [4.78, 5) is 31.4. The SMILES string of the molecule is CCN(NC(=O)c1cnc(-n2cccn2)[nH]c1=O)C1C=CC=CC1C. The van der Waals surface area contributed by atoms with Crippen LogP contribution < -0.4 is 11.0 Å². The molecule has 1 aliphatic rings. The van der Waals surface area contributed by atoms with Gasteiger partial charge in [-0.25, -0.2) is 14.7 Å². The summed E-state index contributed by atoms with van der Waals surface area (Å²) in [6.45, 7) is 4.63. The minimum Gasteiger partial charge on any atom is -0.290 e. The van der Waals surface area contributed by atoms with Crippen LogP contribution in [0.4, 0.5) is 0 Å². The highest BCUT2D eigenvalue weighted by atomic mass is 16.2. The van der Waals surface area contributed by atoms with Gasteiger partial charge in [-0.15, -0.1) is 0 Å². The van der Waals surface area contributed by atoms with Crippen LogP contribution in [0.3, 0.4) is 0 Å². The Hall–Kier alpha value is -3.00. The van der Waals surface area contributed by atoms with E-state index in [4.69, 9.17) is 0 Å². The number of hydrogen-bond acceptors (Lipinski definition) is 5. The van der Waals surface area contributed by atoms with E-state index in [1.54, 1.807) is 18.5 Å².